The Kier molecular flexibility index (Phi) is 5.70. The number of pyridine rings is 1. The van der Waals surface area contributed by atoms with Gasteiger partial charge >= 0.3 is 6.18 Å². The first-order valence-corrected chi connectivity index (χ1v) is 9.89. The lowest BCUT2D eigenvalue weighted by Crippen LogP contribution is -2.23. The molecule has 3 heterocycles. The van der Waals surface area contributed by atoms with Gasteiger partial charge in [-0.05, 0) is 41.5 Å². The Bertz CT molecular complexity index is 1050. The maximum absolute atomic E-state index is 13.2. The molecule has 30 heavy (non-hydrogen) atoms. The molecule has 4 rings (SSSR count). The van der Waals surface area contributed by atoms with Crippen molar-refractivity contribution in [3.8, 4) is 5.69 Å². The quantitative estimate of drug-likeness (QED) is 0.603. The van der Waals surface area contributed by atoms with Crippen LogP contribution in [-0.2, 0) is 12.7 Å². The second-order valence-electron chi connectivity index (χ2n) is 6.71. The summed E-state index contributed by atoms with van der Waals surface area (Å²) in [5, 5.41) is 15.2. The first-order valence-electron chi connectivity index (χ1n) is 9.13. The molecule has 1 aromatic carbocycles. The standard InChI is InChI=1S/C18H16Cl2F3N7/c19-12-4-3-5-13(15(12)20)30-17(26-27-28-30)24-10-11-6-7-14(18(21,22)23)25-16(11)29-8-1-2-9-29/h3-7H,1-2,8-10H2,(H,24,26,28). The van der Waals surface area contributed by atoms with E-state index in [0.29, 0.717) is 35.2 Å². The Hall–Kier alpha value is -2.59. The second kappa shape index (κ2) is 8.27. The third kappa shape index (κ3) is 4.15. The lowest BCUT2D eigenvalue weighted by atomic mass is 10.2. The molecule has 7 nitrogen and oxygen atoms in total. The van der Waals surface area contributed by atoms with Crippen LogP contribution in [-0.4, -0.2) is 38.3 Å². The third-order valence-electron chi connectivity index (χ3n) is 4.72. The molecule has 1 aliphatic heterocycles. The van der Waals surface area contributed by atoms with E-state index in [9.17, 15) is 13.2 Å². The minimum Gasteiger partial charge on any atom is -0.356 e. The molecule has 0 spiro atoms. The summed E-state index contributed by atoms with van der Waals surface area (Å²) in [6, 6.07) is 7.46. The molecule has 12 heteroatoms. The van der Waals surface area contributed by atoms with Gasteiger partial charge in [-0.25, -0.2) is 4.98 Å². The number of halogens is 5. The monoisotopic (exact) mass is 457 g/mol. The molecular weight excluding hydrogens is 442 g/mol. The van der Waals surface area contributed by atoms with Gasteiger partial charge in [0.2, 0.25) is 5.95 Å². The van der Waals surface area contributed by atoms with Gasteiger partial charge in [0.05, 0.1) is 15.7 Å². The first kappa shape index (κ1) is 20.7. The van der Waals surface area contributed by atoms with Crippen LogP contribution < -0.4 is 10.2 Å². The van der Waals surface area contributed by atoms with Crippen molar-refractivity contribution in [2.24, 2.45) is 0 Å². The van der Waals surface area contributed by atoms with E-state index in [1.54, 1.807) is 18.2 Å². The number of anilines is 2. The Morgan fingerprint density at radius 2 is 1.83 bits per heavy atom. The van der Waals surface area contributed by atoms with Crippen LogP contribution >= 0.6 is 23.2 Å². The Morgan fingerprint density at radius 1 is 1.07 bits per heavy atom. The zero-order valence-corrected chi connectivity index (χ0v) is 17.0. The molecule has 0 amide bonds. The van der Waals surface area contributed by atoms with Gasteiger partial charge in [-0.1, -0.05) is 40.4 Å². The van der Waals surface area contributed by atoms with Gasteiger partial charge in [0.15, 0.2) is 0 Å². The lowest BCUT2D eigenvalue weighted by molar-refractivity contribution is -0.141. The minimum absolute atomic E-state index is 0.176. The van der Waals surface area contributed by atoms with Gasteiger partial charge in [-0.3, -0.25) is 0 Å². The van der Waals surface area contributed by atoms with Crippen LogP contribution in [0.2, 0.25) is 10.0 Å². The minimum atomic E-state index is -4.51. The highest BCUT2D eigenvalue weighted by atomic mass is 35.5. The van der Waals surface area contributed by atoms with E-state index in [1.807, 2.05) is 4.90 Å². The first-order chi connectivity index (χ1) is 14.3. The summed E-state index contributed by atoms with van der Waals surface area (Å²) in [4.78, 5) is 5.76. The zero-order valence-electron chi connectivity index (χ0n) is 15.5. The molecule has 1 N–H and O–H groups in total. The van der Waals surface area contributed by atoms with Crippen molar-refractivity contribution in [2.45, 2.75) is 25.6 Å². The molecule has 0 aliphatic carbocycles. The number of hydrogen-bond donors (Lipinski definition) is 1. The molecular formula is C18H16Cl2F3N7. The van der Waals surface area contributed by atoms with Gasteiger partial charge in [-0.15, -0.1) is 0 Å². The van der Waals surface area contributed by atoms with Crippen molar-refractivity contribution in [3.63, 3.8) is 0 Å². The predicted molar refractivity (Wildman–Crippen MR) is 107 cm³/mol. The molecule has 158 valence electrons. The molecule has 3 aromatic rings. The van der Waals surface area contributed by atoms with E-state index in [4.69, 9.17) is 23.2 Å². The van der Waals surface area contributed by atoms with Crippen LogP contribution in [0, 0.1) is 0 Å². The van der Waals surface area contributed by atoms with Gasteiger partial charge in [0.25, 0.3) is 0 Å². The van der Waals surface area contributed by atoms with Crippen LogP contribution in [0.4, 0.5) is 24.9 Å². The van der Waals surface area contributed by atoms with Crippen molar-refractivity contribution in [3.05, 3.63) is 51.6 Å². The van der Waals surface area contributed by atoms with E-state index in [0.717, 1.165) is 18.9 Å². The highest BCUT2D eigenvalue weighted by Crippen LogP contribution is 2.32. The highest BCUT2D eigenvalue weighted by Gasteiger charge is 2.34. The summed E-state index contributed by atoms with van der Waals surface area (Å²) in [5.41, 5.74) is 0.169. The van der Waals surface area contributed by atoms with E-state index in [1.165, 1.54) is 10.7 Å². The SMILES string of the molecule is FC(F)(F)c1ccc(CNc2nnnn2-c2cccc(Cl)c2Cl)c(N2CCCC2)n1. The lowest BCUT2D eigenvalue weighted by Gasteiger charge is -2.21. The van der Waals surface area contributed by atoms with E-state index >= 15 is 0 Å². The third-order valence-corrected chi connectivity index (χ3v) is 5.53. The van der Waals surface area contributed by atoms with E-state index < -0.39 is 11.9 Å². The molecule has 0 radical (unpaired) electrons. The summed E-state index contributed by atoms with van der Waals surface area (Å²) >= 11 is 12.3. The molecule has 1 aliphatic rings. The average molecular weight is 458 g/mol. The van der Waals surface area contributed by atoms with Crippen molar-refractivity contribution in [1.29, 1.82) is 0 Å². The van der Waals surface area contributed by atoms with Crippen LogP contribution in [0.3, 0.4) is 0 Å². The smallest absolute Gasteiger partial charge is 0.356 e. The van der Waals surface area contributed by atoms with Crippen molar-refractivity contribution >= 4 is 35.0 Å². The average Bonchev–Trinajstić information content (AvgIpc) is 3.39. The van der Waals surface area contributed by atoms with Crippen LogP contribution in [0.15, 0.2) is 30.3 Å². The summed E-state index contributed by atoms with van der Waals surface area (Å²) in [5.74, 6) is 0.584. The van der Waals surface area contributed by atoms with Crippen LogP contribution in [0.1, 0.15) is 24.1 Å². The predicted octanol–water partition coefficient (Wildman–Crippen LogP) is 4.60. The Balaban J connectivity index is 1.62. The highest BCUT2D eigenvalue weighted by molar-refractivity contribution is 6.43. The molecule has 0 atom stereocenters. The summed E-state index contributed by atoms with van der Waals surface area (Å²) in [7, 11) is 0. The number of alkyl halides is 3. The topological polar surface area (TPSA) is 71.8 Å². The maximum Gasteiger partial charge on any atom is 0.433 e. The number of hydrogen-bond acceptors (Lipinski definition) is 6. The number of benzene rings is 1. The summed E-state index contributed by atoms with van der Waals surface area (Å²) < 4.78 is 40.8. The van der Waals surface area contributed by atoms with Crippen molar-refractivity contribution < 1.29 is 13.2 Å². The molecule has 1 fully saturated rings. The fourth-order valence-electron chi connectivity index (χ4n) is 3.27. The Morgan fingerprint density at radius 3 is 2.57 bits per heavy atom. The van der Waals surface area contributed by atoms with Crippen molar-refractivity contribution in [2.75, 3.05) is 23.3 Å². The largest absolute Gasteiger partial charge is 0.433 e. The fourth-order valence-corrected chi connectivity index (χ4v) is 3.64. The number of tetrazole rings is 1. The summed E-state index contributed by atoms with van der Waals surface area (Å²) in [6.45, 7) is 1.50. The zero-order chi connectivity index (χ0) is 21.3. The summed E-state index contributed by atoms with van der Waals surface area (Å²) in [6.07, 6.45) is -2.68. The molecule has 1 saturated heterocycles. The Labute approximate surface area is 179 Å². The fraction of sp³-hybridized carbons (Fsp3) is 0.333. The van der Waals surface area contributed by atoms with Crippen LogP contribution in [0.5, 0.6) is 0 Å². The van der Waals surface area contributed by atoms with Gasteiger partial charge in [0, 0.05) is 25.2 Å². The second-order valence-corrected chi connectivity index (χ2v) is 7.50. The number of rotatable bonds is 5. The van der Waals surface area contributed by atoms with Crippen LogP contribution in [0.25, 0.3) is 5.69 Å². The molecule has 0 bridgehead atoms. The molecule has 0 unspecified atom stereocenters. The molecule has 2 aromatic heterocycles. The number of nitrogens with zero attached hydrogens (tertiary/aromatic N) is 6. The van der Waals surface area contributed by atoms with E-state index in [-0.39, 0.29) is 17.5 Å². The number of nitrogens with one attached hydrogen (secondary N) is 1. The normalized spacial score (nSPS) is 14.4. The maximum atomic E-state index is 13.2. The van der Waals surface area contributed by atoms with Gasteiger partial charge < -0.3 is 10.2 Å². The van der Waals surface area contributed by atoms with E-state index in [2.05, 4.69) is 25.8 Å². The van der Waals surface area contributed by atoms with Crippen molar-refractivity contribution in [1.82, 2.24) is 25.2 Å². The van der Waals surface area contributed by atoms with Gasteiger partial charge in [-0.2, -0.15) is 17.9 Å². The number of aromatic nitrogens is 5. The van der Waals surface area contributed by atoms with Gasteiger partial charge in [0.1, 0.15) is 11.5 Å². The molecule has 0 saturated carbocycles.